The summed E-state index contributed by atoms with van der Waals surface area (Å²) in [6.07, 6.45) is 0. The van der Waals surface area contributed by atoms with E-state index >= 15 is 0 Å². The third-order valence-corrected chi connectivity index (χ3v) is 0.674. The number of hydrogen-bond donors (Lipinski definition) is 2. The molecule has 0 saturated heterocycles. The van der Waals surface area contributed by atoms with E-state index in [1.54, 1.807) is 27.7 Å². The van der Waals surface area contributed by atoms with Crippen LogP contribution < -0.4 is 0 Å². The molecule has 3 heteroatoms. The fourth-order valence-corrected chi connectivity index (χ4v) is 0.306. The van der Waals surface area contributed by atoms with Crippen LogP contribution in [0.4, 0.5) is 0 Å². The van der Waals surface area contributed by atoms with Crippen LogP contribution in [-0.2, 0) is 0 Å². The molecule has 0 bridgehead atoms. The zero-order valence-corrected chi connectivity index (χ0v) is 7.39. The van der Waals surface area contributed by atoms with E-state index in [9.17, 15) is 0 Å². The Balaban J connectivity index is 0. The summed E-state index contributed by atoms with van der Waals surface area (Å²) in [4.78, 5) is 0. The van der Waals surface area contributed by atoms with Crippen molar-refractivity contribution < 1.29 is 15.7 Å². The Hall–Kier alpha value is -0.560. The summed E-state index contributed by atoms with van der Waals surface area (Å²) in [5.41, 5.74) is -2.03. The van der Waals surface area contributed by atoms with Gasteiger partial charge in [0.05, 0.1) is 0 Å². The lowest BCUT2D eigenvalue weighted by atomic mass is 10.1. The number of rotatable bonds is 0. The molecule has 0 aromatic carbocycles. The van der Waals surface area contributed by atoms with E-state index in [0.29, 0.717) is 0 Å². The molecule has 0 radical (unpaired) electrons. The van der Waals surface area contributed by atoms with Crippen molar-refractivity contribution in [1.29, 1.82) is 0 Å². The highest BCUT2D eigenvalue weighted by molar-refractivity contribution is 5.16. The van der Waals surface area contributed by atoms with Crippen LogP contribution in [0.15, 0.2) is 0 Å². The first-order valence-electron chi connectivity index (χ1n) is 3.20. The highest BCUT2D eigenvalue weighted by atomic mass is 16.3. The van der Waals surface area contributed by atoms with Gasteiger partial charge in [0.25, 0.3) is 0 Å². The summed E-state index contributed by atoms with van der Waals surface area (Å²) in [7, 11) is 0. The van der Waals surface area contributed by atoms with Gasteiger partial charge in [-0.3, -0.25) is 0 Å². The average molecular weight is 160 g/mol. The molecule has 66 valence electrons. The van der Waals surface area contributed by atoms with Crippen molar-refractivity contribution in [2.45, 2.75) is 38.9 Å². The molecule has 3 nitrogen and oxygen atoms in total. The van der Waals surface area contributed by atoms with E-state index < -0.39 is 11.2 Å². The topological polar surface area (TPSA) is 72.0 Å². The predicted molar refractivity (Wildman–Crippen MR) is 44.0 cm³/mol. The van der Waals surface area contributed by atoms with Crippen LogP contribution in [0.2, 0.25) is 0 Å². The SMILES string of the molecule is CC(C)(O)C#CC(C)(C)O.O. The summed E-state index contributed by atoms with van der Waals surface area (Å²) >= 11 is 0. The Kier molecular flexibility index (Phi) is 4.42. The standard InChI is InChI=1S/C8H14O2.H2O/c1-7(2,9)5-6-8(3,4)10;/h9-10H,1-4H3;1H2. The molecular weight excluding hydrogens is 144 g/mol. The first-order chi connectivity index (χ1) is 4.21. The first-order valence-corrected chi connectivity index (χ1v) is 3.20. The molecule has 0 rings (SSSR count). The van der Waals surface area contributed by atoms with Crippen LogP contribution in [0.25, 0.3) is 0 Å². The molecule has 4 N–H and O–H groups in total. The molecule has 0 atom stereocenters. The minimum absolute atomic E-state index is 0. The Labute approximate surface area is 67.4 Å². The third-order valence-electron chi connectivity index (χ3n) is 0.674. The van der Waals surface area contributed by atoms with Crippen molar-refractivity contribution in [1.82, 2.24) is 0 Å². The number of hydrogen-bond acceptors (Lipinski definition) is 2. The van der Waals surface area contributed by atoms with E-state index in [-0.39, 0.29) is 5.48 Å². The molecule has 0 unspecified atom stereocenters. The molecule has 0 amide bonds. The van der Waals surface area contributed by atoms with Crippen LogP contribution in [0.3, 0.4) is 0 Å². The lowest BCUT2D eigenvalue weighted by molar-refractivity contribution is 0.131. The lowest BCUT2D eigenvalue weighted by Crippen LogP contribution is -2.20. The summed E-state index contributed by atoms with van der Waals surface area (Å²) < 4.78 is 0. The van der Waals surface area contributed by atoms with E-state index in [1.165, 1.54) is 0 Å². The minimum Gasteiger partial charge on any atom is -0.412 e. The van der Waals surface area contributed by atoms with Crippen molar-refractivity contribution in [3.8, 4) is 11.8 Å². The van der Waals surface area contributed by atoms with Gasteiger partial charge in [-0.2, -0.15) is 0 Å². The van der Waals surface area contributed by atoms with E-state index in [0.717, 1.165) is 0 Å². The molecule has 0 fully saturated rings. The molecule has 0 spiro atoms. The van der Waals surface area contributed by atoms with Gasteiger partial charge in [-0.1, -0.05) is 11.8 Å². The Bertz CT molecular complexity index is 142. The highest BCUT2D eigenvalue weighted by Gasteiger charge is 2.10. The normalized spacial score (nSPS) is 11.1. The van der Waals surface area contributed by atoms with Gasteiger partial charge in [-0.15, -0.1) is 0 Å². The van der Waals surface area contributed by atoms with Gasteiger partial charge >= 0.3 is 0 Å². The fourth-order valence-electron chi connectivity index (χ4n) is 0.306. The van der Waals surface area contributed by atoms with Crippen molar-refractivity contribution >= 4 is 0 Å². The summed E-state index contributed by atoms with van der Waals surface area (Å²) in [5, 5.41) is 18.2. The molecular formula is C8H16O3. The molecule has 0 aliphatic rings. The van der Waals surface area contributed by atoms with Crippen molar-refractivity contribution in [3.05, 3.63) is 0 Å². The maximum Gasteiger partial charge on any atom is 0.120 e. The summed E-state index contributed by atoms with van der Waals surface area (Å²) in [6.45, 7) is 6.30. The maximum absolute atomic E-state index is 9.10. The predicted octanol–water partition coefficient (Wildman–Crippen LogP) is -0.293. The van der Waals surface area contributed by atoms with Gasteiger partial charge in [-0.05, 0) is 27.7 Å². The zero-order valence-electron chi connectivity index (χ0n) is 7.39. The first kappa shape index (κ1) is 13.1. The van der Waals surface area contributed by atoms with Crippen molar-refractivity contribution in [2.75, 3.05) is 0 Å². The van der Waals surface area contributed by atoms with Crippen LogP contribution in [0, 0.1) is 11.8 Å². The van der Waals surface area contributed by atoms with Gasteiger partial charge < -0.3 is 15.7 Å². The van der Waals surface area contributed by atoms with E-state index in [2.05, 4.69) is 11.8 Å². The van der Waals surface area contributed by atoms with Gasteiger partial charge in [0, 0.05) is 0 Å². The summed E-state index contributed by atoms with van der Waals surface area (Å²) in [6, 6.07) is 0. The fraction of sp³-hybridized carbons (Fsp3) is 0.750. The third kappa shape index (κ3) is 12.6. The average Bonchev–Trinajstić information content (AvgIpc) is 1.57. The molecule has 0 aliphatic heterocycles. The second-order valence-corrected chi connectivity index (χ2v) is 3.37. The second kappa shape index (κ2) is 3.72. The largest absolute Gasteiger partial charge is 0.412 e. The molecule has 0 saturated carbocycles. The monoisotopic (exact) mass is 160 g/mol. The summed E-state index contributed by atoms with van der Waals surface area (Å²) in [5.74, 6) is 5.03. The second-order valence-electron chi connectivity index (χ2n) is 3.37. The maximum atomic E-state index is 9.10. The Morgan fingerprint density at radius 2 is 1.00 bits per heavy atom. The molecule has 0 aromatic rings. The van der Waals surface area contributed by atoms with E-state index in [1.807, 2.05) is 0 Å². The highest BCUT2D eigenvalue weighted by Crippen LogP contribution is 2.01. The van der Waals surface area contributed by atoms with Gasteiger partial charge in [0.2, 0.25) is 0 Å². The number of aliphatic hydroxyl groups is 2. The van der Waals surface area contributed by atoms with E-state index in [4.69, 9.17) is 10.2 Å². The van der Waals surface area contributed by atoms with Gasteiger partial charge in [0.15, 0.2) is 0 Å². The smallest absolute Gasteiger partial charge is 0.120 e. The molecule has 0 heterocycles. The molecule has 0 aliphatic carbocycles. The van der Waals surface area contributed by atoms with Crippen LogP contribution in [0.1, 0.15) is 27.7 Å². The van der Waals surface area contributed by atoms with Crippen molar-refractivity contribution in [2.24, 2.45) is 0 Å². The van der Waals surface area contributed by atoms with Crippen molar-refractivity contribution in [3.63, 3.8) is 0 Å². The Morgan fingerprint density at radius 1 is 0.818 bits per heavy atom. The minimum atomic E-state index is -1.01. The quantitative estimate of drug-likeness (QED) is 0.478. The molecule has 0 aromatic heterocycles. The Morgan fingerprint density at radius 3 is 1.09 bits per heavy atom. The zero-order chi connectivity index (χ0) is 8.41. The lowest BCUT2D eigenvalue weighted by Gasteiger charge is -2.10. The van der Waals surface area contributed by atoms with Gasteiger partial charge in [0.1, 0.15) is 11.2 Å². The van der Waals surface area contributed by atoms with Gasteiger partial charge in [-0.25, -0.2) is 0 Å². The molecule has 11 heavy (non-hydrogen) atoms. The van der Waals surface area contributed by atoms with Crippen LogP contribution >= 0.6 is 0 Å². The van der Waals surface area contributed by atoms with Crippen LogP contribution in [-0.4, -0.2) is 26.9 Å². The van der Waals surface area contributed by atoms with Crippen LogP contribution in [0.5, 0.6) is 0 Å².